The van der Waals surface area contributed by atoms with Crippen molar-refractivity contribution < 1.29 is 23.8 Å². The number of nitrogens with one attached hydrogen (secondary N) is 5. The van der Waals surface area contributed by atoms with E-state index in [0.717, 1.165) is 38.8 Å². The number of hydrogen-bond donors (Lipinski definition) is 5. The zero-order valence-electron chi connectivity index (χ0n) is 19.9. The van der Waals surface area contributed by atoms with Crippen molar-refractivity contribution in [2.45, 2.75) is 57.2 Å². The van der Waals surface area contributed by atoms with Crippen molar-refractivity contribution >= 4 is 11.9 Å². The molecule has 11 heteroatoms. The molecule has 11 nitrogen and oxygen atoms in total. The molecule has 2 aliphatic heterocycles. The smallest absolute Gasteiger partial charge is 0.315 e. The maximum atomic E-state index is 11.9. The minimum atomic E-state index is -0.138. The highest BCUT2D eigenvalue weighted by atomic mass is 16.5. The minimum Gasteiger partial charge on any atom is -0.378 e. The summed E-state index contributed by atoms with van der Waals surface area (Å²) in [7, 11) is 0. The Morgan fingerprint density at radius 1 is 1.09 bits per heavy atom. The van der Waals surface area contributed by atoms with E-state index in [-0.39, 0.29) is 24.0 Å². The summed E-state index contributed by atoms with van der Waals surface area (Å²) in [5, 5.41) is 10.7. The molecule has 2 aliphatic rings. The van der Waals surface area contributed by atoms with Crippen LogP contribution in [0.3, 0.4) is 0 Å². The molecule has 2 fully saturated rings. The summed E-state index contributed by atoms with van der Waals surface area (Å²) >= 11 is 0. The fourth-order valence-electron chi connectivity index (χ4n) is 3.69. The van der Waals surface area contributed by atoms with Gasteiger partial charge in [0.05, 0.1) is 51.7 Å². The molecule has 0 spiro atoms. The highest BCUT2D eigenvalue weighted by molar-refractivity contribution is 5.77. The van der Waals surface area contributed by atoms with Crippen LogP contribution in [0.1, 0.15) is 39.0 Å². The van der Waals surface area contributed by atoms with Gasteiger partial charge in [0.25, 0.3) is 0 Å². The van der Waals surface area contributed by atoms with E-state index in [1.807, 2.05) is 0 Å². The molecule has 0 aromatic rings. The van der Waals surface area contributed by atoms with Crippen molar-refractivity contribution in [3.8, 4) is 0 Å². The van der Waals surface area contributed by atoms with Crippen LogP contribution in [-0.2, 0) is 19.0 Å². The molecule has 0 radical (unpaired) electrons. The quantitative estimate of drug-likeness (QED) is 0.133. The van der Waals surface area contributed by atoms with Crippen molar-refractivity contribution in [2.75, 3.05) is 59.3 Å². The third-order valence-corrected chi connectivity index (χ3v) is 5.50. The van der Waals surface area contributed by atoms with Crippen LogP contribution >= 0.6 is 0 Å². The largest absolute Gasteiger partial charge is 0.378 e. The second-order valence-electron chi connectivity index (χ2n) is 8.38. The van der Waals surface area contributed by atoms with E-state index < -0.39 is 0 Å². The lowest BCUT2D eigenvalue weighted by Crippen LogP contribution is -2.38. The van der Waals surface area contributed by atoms with Crippen LogP contribution in [0.4, 0.5) is 4.79 Å². The second-order valence-corrected chi connectivity index (χ2v) is 8.38. The Bertz CT molecular complexity index is 581. The number of unbranched alkanes of at least 4 members (excludes halogenated alkanes) is 2. The normalized spacial score (nSPS) is 22.8. The lowest BCUT2D eigenvalue weighted by Gasteiger charge is -2.14. The average Bonchev–Trinajstić information content (AvgIpc) is 3.38. The van der Waals surface area contributed by atoms with E-state index in [2.05, 4.69) is 45.4 Å². The molecule has 3 amide bonds. The van der Waals surface area contributed by atoms with Crippen LogP contribution in [0.5, 0.6) is 0 Å². The molecule has 2 rings (SSSR count). The number of hydrogen-bond acceptors (Lipinski definition) is 8. The van der Waals surface area contributed by atoms with Gasteiger partial charge in [0.1, 0.15) is 0 Å². The summed E-state index contributed by atoms with van der Waals surface area (Å²) in [6, 6.07) is 0.400. The zero-order chi connectivity index (χ0) is 23.7. The van der Waals surface area contributed by atoms with E-state index in [9.17, 15) is 9.59 Å². The maximum absolute atomic E-state index is 11.9. The molecular weight excluding hydrogens is 428 g/mol. The van der Waals surface area contributed by atoms with Gasteiger partial charge in [0, 0.05) is 32.1 Å². The van der Waals surface area contributed by atoms with Gasteiger partial charge in [0.15, 0.2) is 0 Å². The third kappa shape index (κ3) is 12.3. The minimum absolute atomic E-state index is 0.0102. The number of hydrazine groups is 2. The van der Waals surface area contributed by atoms with Gasteiger partial charge in [-0.25, -0.2) is 15.2 Å². The van der Waals surface area contributed by atoms with Gasteiger partial charge >= 0.3 is 6.03 Å². The molecule has 0 bridgehead atoms. The lowest BCUT2D eigenvalue weighted by molar-refractivity contribution is -0.121. The first kappa shape index (κ1) is 27.5. The van der Waals surface area contributed by atoms with Crippen LogP contribution in [0, 0.1) is 0 Å². The summed E-state index contributed by atoms with van der Waals surface area (Å²) in [5.41, 5.74) is 6.23. The van der Waals surface area contributed by atoms with Crippen molar-refractivity contribution in [1.29, 1.82) is 0 Å². The van der Waals surface area contributed by atoms with Gasteiger partial charge in [-0.15, -0.1) is 6.58 Å². The first-order chi connectivity index (χ1) is 16.1. The van der Waals surface area contributed by atoms with Crippen molar-refractivity contribution in [3.05, 3.63) is 12.7 Å². The van der Waals surface area contributed by atoms with E-state index >= 15 is 0 Å². The molecular formula is C22H42N6O5. The van der Waals surface area contributed by atoms with Crippen LogP contribution in [0.25, 0.3) is 0 Å². The Labute approximate surface area is 197 Å². The van der Waals surface area contributed by atoms with Gasteiger partial charge in [-0.3, -0.25) is 4.79 Å². The number of rotatable bonds is 19. The first-order valence-electron chi connectivity index (χ1n) is 12.0. The topological polar surface area (TPSA) is 125 Å². The van der Waals surface area contributed by atoms with Crippen LogP contribution in [-0.4, -0.2) is 94.3 Å². The van der Waals surface area contributed by atoms with Crippen LogP contribution in [0.15, 0.2) is 12.7 Å². The summed E-state index contributed by atoms with van der Waals surface area (Å²) in [4.78, 5) is 23.2. The van der Waals surface area contributed by atoms with Crippen molar-refractivity contribution in [1.82, 2.24) is 31.9 Å². The molecule has 3 unspecified atom stereocenters. The molecule has 0 aliphatic carbocycles. The number of nitrogens with zero attached hydrogens (tertiary/aromatic N) is 1. The van der Waals surface area contributed by atoms with Gasteiger partial charge < -0.3 is 30.2 Å². The Morgan fingerprint density at radius 3 is 2.52 bits per heavy atom. The molecule has 0 saturated carbocycles. The fraction of sp³-hybridized carbons (Fsp3) is 0.818. The average molecular weight is 471 g/mol. The van der Waals surface area contributed by atoms with E-state index in [4.69, 9.17) is 14.2 Å². The third-order valence-electron chi connectivity index (χ3n) is 5.50. The van der Waals surface area contributed by atoms with E-state index in [0.29, 0.717) is 58.6 Å². The molecule has 190 valence electrons. The standard InChI is InChI=1S/C22H42N6O5/c1-3-19-20(25-22(30)24-19)7-5-4-6-8-21(29)23-9-11-31-13-15-33-16-14-32-12-10-28-17-18(2)26-27-28/h3,18-20,26-27H,1,4-17H2,2H3,(H,23,29)(H2,24,25,30). The zero-order valence-corrected chi connectivity index (χ0v) is 19.9. The van der Waals surface area contributed by atoms with Gasteiger partial charge in [0.2, 0.25) is 5.91 Å². The first-order valence-corrected chi connectivity index (χ1v) is 12.0. The molecule has 3 atom stereocenters. The lowest BCUT2D eigenvalue weighted by atomic mass is 10.0. The number of carbonyl (C=O) groups is 2. The SMILES string of the molecule is C=CC1NC(=O)NC1CCCCCC(=O)NCCOCCOCCOCCN1CC(C)NN1. The van der Waals surface area contributed by atoms with Crippen LogP contribution < -0.4 is 26.9 Å². The van der Waals surface area contributed by atoms with Crippen molar-refractivity contribution in [3.63, 3.8) is 0 Å². The Balaban J connectivity index is 1.28. The molecule has 0 aromatic heterocycles. The predicted molar refractivity (Wildman–Crippen MR) is 125 cm³/mol. The van der Waals surface area contributed by atoms with Crippen molar-refractivity contribution in [2.24, 2.45) is 0 Å². The monoisotopic (exact) mass is 470 g/mol. The number of carbonyl (C=O) groups excluding carboxylic acids is 2. The molecule has 0 aromatic carbocycles. The Kier molecular flexibility index (Phi) is 14.0. The molecule has 33 heavy (non-hydrogen) atoms. The Morgan fingerprint density at radius 2 is 1.82 bits per heavy atom. The van der Waals surface area contributed by atoms with E-state index in [1.165, 1.54) is 0 Å². The van der Waals surface area contributed by atoms with Gasteiger partial charge in [-0.2, -0.15) is 5.53 Å². The molecule has 5 N–H and O–H groups in total. The summed E-state index contributed by atoms with van der Waals surface area (Å²) in [6.45, 7) is 11.4. The molecule has 2 saturated heterocycles. The number of amides is 3. The van der Waals surface area contributed by atoms with Gasteiger partial charge in [-0.1, -0.05) is 18.9 Å². The predicted octanol–water partition coefficient (Wildman–Crippen LogP) is 0.0522. The maximum Gasteiger partial charge on any atom is 0.315 e. The highest BCUT2D eigenvalue weighted by Gasteiger charge is 2.28. The highest BCUT2D eigenvalue weighted by Crippen LogP contribution is 2.12. The molecule has 2 heterocycles. The van der Waals surface area contributed by atoms with Gasteiger partial charge in [-0.05, 0) is 19.8 Å². The fourth-order valence-corrected chi connectivity index (χ4v) is 3.69. The number of urea groups is 1. The summed E-state index contributed by atoms with van der Waals surface area (Å²) < 4.78 is 16.5. The van der Waals surface area contributed by atoms with E-state index in [1.54, 1.807) is 6.08 Å². The summed E-state index contributed by atoms with van der Waals surface area (Å²) in [6.07, 6.45) is 5.89. The Hall–Kier alpha value is -1.76. The number of ether oxygens (including phenoxy) is 3. The second kappa shape index (κ2) is 16.8. The summed E-state index contributed by atoms with van der Waals surface area (Å²) in [5.74, 6) is 0.0428. The van der Waals surface area contributed by atoms with Crippen LogP contribution in [0.2, 0.25) is 0 Å².